The fraction of sp³-hybridized carbons (Fsp3) is 1.00. The Morgan fingerprint density at radius 1 is 1.50 bits per heavy atom. The van der Waals surface area contributed by atoms with Gasteiger partial charge < -0.3 is 4.74 Å². The Morgan fingerprint density at radius 2 is 2.17 bits per heavy atom. The molecule has 3 atom stereocenters. The summed E-state index contributed by atoms with van der Waals surface area (Å²) in [5.74, 6) is 0.702. The number of nitrogens with zero attached hydrogens (tertiary/aromatic N) is 1. The summed E-state index contributed by atoms with van der Waals surface area (Å²) in [5, 5.41) is 0. The van der Waals surface area contributed by atoms with Crippen molar-refractivity contribution in [2.45, 2.75) is 38.5 Å². The number of alkyl halides is 1. The first-order valence-corrected chi connectivity index (χ1v) is 5.10. The van der Waals surface area contributed by atoms with E-state index in [2.05, 4.69) is 25.8 Å². The van der Waals surface area contributed by atoms with Crippen LogP contribution in [0.3, 0.4) is 0 Å². The van der Waals surface area contributed by atoms with Gasteiger partial charge in [-0.05, 0) is 27.3 Å². The highest BCUT2D eigenvalue weighted by Crippen LogP contribution is 2.23. The minimum atomic E-state index is 0.355. The lowest BCUT2D eigenvalue weighted by Crippen LogP contribution is -2.37. The third-order valence-electron chi connectivity index (χ3n) is 2.57. The molecule has 1 aliphatic heterocycles. The van der Waals surface area contributed by atoms with Crippen molar-refractivity contribution in [3.05, 3.63) is 0 Å². The lowest BCUT2D eigenvalue weighted by Gasteiger charge is -2.25. The number of hydrogen-bond donors (Lipinski definition) is 0. The normalized spacial score (nSPS) is 36.2. The Balaban J connectivity index is 2.40. The van der Waals surface area contributed by atoms with E-state index in [1.807, 2.05) is 0 Å². The molecule has 1 fully saturated rings. The molecule has 0 aliphatic carbocycles. The van der Waals surface area contributed by atoms with Crippen molar-refractivity contribution in [3.8, 4) is 0 Å². The molecule has 0 amide bonds. The van der Waals surface area contributed by atoms with Crippen molar-refractivity contribution in [3.63, 3.8) is 0 Å². The van der Waals surface area contributed by atoms with E-state index in [1.54, 1.807) is 0 Å². The number of rotatable bonds is 3. The highest BCUT2D eigenvalue weighted by Gasteiger charge is 2.31. The summed E-state index contributed by atoms with van der Waals surface area (Å²) in [6.07, 6.45) is 1.89. The quantitative estimate of drug-likeness (QED) is 0.630. The fourth-order valence-corrected chi connectivity index (χ4v) is 2.15. The monoisotopic (exact) mass is 191 g/mol. The Bertz CT molecular complexity index is 142. The maximum atomic E-state index is 5.68. The standard InChI is InChI=1S/C9H18ClNO/c1-7-6-9(8(2)12-7)11(3)5-4-10/h7-9H,4-6H2,1-3H3. The first-order valence-electron chi connectivity index (χ1n) is 4.56. The molecule has 72 valence electrons. The highest BCUT2D eigenvalue weighted by atomic mass is 35.5. The van der Waals surface area contributed by atoms with E-state index in [0.29, 0.717) is 24.1 Å². The minimum absolute atomic E-state index is 0.355. The van der Waals surface area contributed by atoms with E-state index < -0.39 is 0 Å². The maximum Gasteiger partial charge on any atom is 0.0706 e. The number of halogens is 1. The molecule has 0 bridgehead atoms. The van der Waals surface area contributed by atoms with Crippen LogP contribution in [0.2, 0.25) is 0 Å². The van der Waals surface area contributed by atoms with Gasteiger partial charge in [0.15, 0.2) is 0 Å². The van der Waals surface area contributed by atoms with Gasteiger partial charge in [-0.1, -0.05) is 0 Å². The van der Waals surface area contributed by atoms with Gasteiger partial charge in [0, 0.05) is 18.5 Å². The molecule has 12 heavy (non-hydrogen) atoms. The van der Waals surface area contributed by atoms with Crippen LogP contribution >= 0.6 is 11.6 Å². The van der Waals surface area contributed by atoms with Crippen LogP contribution < -0.4 is 0 Å². The summed E-state index contributed by atoms with van der Waals surface area (Å²) >= 11 is 5.68. The second-order valence-corrected chi connectivity index (χ2v) is 4.00. The summed E-state index contributed by atoms with van der Waals surface area (Å²) in [6.45, 7) is 5.22. The molecule has 0 radical (unpaired) electrons. The van der Waals surface area contributed by atoms with E-state index in [1.165, 1.54) is 0 Å². The van der Waals surface area contributed by atoms with Gasteiger partial charge in [0.2, 0.25) is 0 Å². The molecular formula is C9H18ClNO. The average molecular weight is 192 g/mol. The van der Waals surface area contributed by atoms with Crippen molar-refractivity contribution in [1.82, 2.24) is 4.90 Å². The van der Waals surface area contributed by atoms with Crippen LogP contribution in [-0.2, 0) is 4.74 Å². The van der Waals surface area contributed by atoms with Gasteiger partial charge in [0.1, 0.15) is 0 Å². The zero-order valence-electron chi connectivity index (χ0n) is 8.09. The first-order chi connectivity index (χ1) is 5.65. The summed E-state index contributed by atoms with van der Waals surface area (Å²) in [6, 6.07) is 0.554. The van der Waals surface area contributed by atoms with Crippen LogP contribution in [-0.4, -0.2) is 42.6 Å². The molecule has 0 spiro atoms. The highest BCUT2D eigenvalue weighted by molar-refractivity contribution is 6.18. The summed E-state index contributed by atoms with van der Waals surface area (Å²) in [4.78, 5) is 2.29. The van der Waals surface area contributed by atoms with E-state index in [4.69, 9.17) is 16.3 Å². The molecule has 1 rings (SSSR count). The van der Waals surface area contributed by atoms with Gasteiger partial charge in [-0.3, -0.25) is 4.90 Å². The third-order valence-corrected chi connectivity index (χ3v) is 2.73. The van der Waals surface area contributed by atoms with Crippen molar-refractivity contribution in [1.29, 1.82) is 0 Å². The molecule has 0 aromatic rings. The van der Waals surface area contributed by atoms with Crippen LogP contribution in [0, 0.1) is 0 Å². The minimum Gasteiger partial charge on any atom is -0.374 e. The predicted octanol–water partition coefficient (Wildman–Crippen LogP) is 1.72. The van der Waals surface area contributed by atoms with Crippen molar-refractivity contribution < 1.29 is 4.74 Å². The summed E-state index contributed by atoms with van der Waals surface area (Å²) in [7, 11) is 2.12. The SMILES string of the molecule is CC1CC(N(C)CCCl)C(C)O1. The maximum absolute atomic E-state index is 5.68. The van der Waals surface area contributed by atoms with Gasteiger partial charge in [-0.2, -0.15) is 0 Å². The van der Waals surface area contributed by atoms with Gasteiger partial charge >= 0.3 is 0 Å². The zero-order chi connectivity index (χ0) is 9.14. The molecule has 0 aromatic heterocycles. The van der Waals surface area contributed by atoms with Crippen molar-refractivity contribution >= 4 is 11.6 Å². The topological polar surface area (TPSA) is 12.5 Å². The molecule has 1 heterocycles. The lowest BCUT2D eigenvalue weighted by atomic mass is 10.1. The fourth-order valence-electron chi connectivity index (χ4n) is 1.88. The number of ether oxygens (including phenoxy) is 1. The van der Waals surface area contributed by atoms with E-state index in [-0.39, 0.29) is 0 Å². The van der Waals surface area contributed by atoms with Crippen LogP contribution in [0.15, 0.2) is 0 Å². The second-order valence-electron chi connectivity index (χ2n) is 3.62. The lowest BCUT2D eigenvalue weighted by molar-refractivity contribution is 0.0467. The Labute approximate surface area is 79.8 Å². The van der Waals surface area contributed by atoms with Gasteiger partial charge in [-0.25, -0.2) is 0 Å². The molecule has 0 saturated carbocycles. The van der Waals surface area contributed by atoms with Gasteiger partial charge in [0.05, 0.1) is 12.2 Å². The van der Waals surface area contributed by atoms with Crippen LogP contribution in [0.5, 0.6) is 0 Å². The molecule has 1 aliphatic rings. The predicted molar refractivity (Wildman–Crippen MR) is 51.8 cm³/mol. The zero-order valence-corrected chi connectivity index (χ0v) is 8.84. The number of hydrogen-bond acceptors (Lipinski definition) is 2. The van der Waals surface area contributed by atoms with E-state index in [9.17, 15) is 0 Å². The Morgan fingerprint density at radius 3 is 2.58 bits per heavy atom. The molecule has 2 nitrogen and oxygen atoms in total. The average Bonchev–Trinajstić information content (AvgIpc) is 2.30. The third kappa shape index (κ3) is 2.35. The van der Waals surface area contributed by atoms with Crippen LogP contribution in [0.25, 0.3) is 0 Å². The first kappa shape index (κ1) is 10.3. The molecular weight excluding hydrogens is 174 g/mol. The van der Waals surface area contributed by atoms with Crippen molar-refractivity contribution in [2.24, 2.45) is 0 Å². The van der Waals surface area contributed by atoms with E-state index in [0.717, 1.165) is 13.0 Å². The Hall–Kier alpha value is 0.210. The second kappa shape index (κ2) is 4.45. The smallest absolute Gasteiger partial charge is 0.0706 e. The summed E-state index contributed by atoms with van der Waals surface area (Å²) in [5.41, 5.74) is 0. The largest absolute Gasteiger partial charge is 0.374 e. The molecule has 3 unspecified atom stereocenters. The number of likely N-dealkylation sites (N-methyl/N-ethyl adjacent to an activating group) is 1. The molecule has 1 saturated heterocycles. The molecule has 0 N–H and O–H groups in total. The van der Waals surface area contributed by atoms with E-state index >= 15 is 0 Å². The molecule has 0 aromatic carbocycles. The van der Waals surface area contributed by atoms with Gasteiger partial charge in [0.25, 0.3) is 0 Å². The van der Waals surface area contributed by atoms with Crippen LogP contribution in [0.4, 0.5) is 0 Å². The van der Waals surface area contributed by atoms with Crippen molar-refractivity contribution in [2.75, 3.05) is 19.5 Å². The van der Waals surface area contributed by atoms with Gasteiger partial charge in [-0.15, -0.1) is 11.6 Å². The summed E-state index contributed by atoms with van der Waals surface area (Å²) < 4.78 is 5.66. The Kier molecular flexibility index (Phi) is 3.81. The van der Waals surface area contributed by atoms with Crippen LogP contribution in [0.1, 0.15) is 20.3 Å². The molecule has 3 heteroatoms.